The van der Waals surface area contributed by atoms with Crippen LogP contribution in [0.2, 0.25) is 4.44 Å². The Morgan fingerprint density at radius 1 is 1.46 bits per heavy atom. The summed E-state index contributed by atoms with van der Waals surface area (Å²) in [6.45, 7) is 7.30. The van der Waals surface area contributed by atoms with Crippen molar-refractivity contribution in [3.05, 3.63) is 0 Å². The van der Waals surface area contributed by atoms with Gasteiger partial charge in [0, 0.05) is 0 Å². The predicted octanol–water partition coefficient (Wildman–Crippen LogP) is 2.39. The molecule has 0 aliphatic heterocycles. The monoisotopic (exact) mass is 312 g/mol. The van der Waals surface area contributed by atoms with Gasteiger partial charge in [-0.2, -0.15) is 0 Å². The maximum atomic E-state index is 5.78. The summed E-state index contributed by atoms with van der Waals surface area (Å²) in [5, 5.41) is 0. The van der Waals surface area contributed by atoms with Gasteiger partial charge in [0.25, 0.3) is 0 Å². The zero-order chi connectivity index (χ0) is 10.1. The van der Waals surface area contributed by atoms with E-state index in [0.29, 0.717) is 6.04 Å². The van der Waals surface area contributed by atoms with Crippen molar-refractivity contribution in [1.29, 1.82) is 0 Å². The minimum absolute atomic E-state index is 0.359. The normalized spacial score (nSPS) is 12.9. The average molecular weight is 311 g/mol. The fourth-order valence-corrected chi connectivity index (χ4v) is 10.8. The third kappa shape index (κ3) is 9.37. The zero-order valence-electron chi connectivity index (χ0n) is 9.01. The Balaban J connectivity index is 3.44. The molecule has 0 aliphatic carbocycles. The number of hydrogen-bond donors (Lipinski definition) is 1. The van der Waals surface area contributed by atoms with Gasteiger partial charge in [-0.3, -0.25) is 0 Å². The molecule has 1 unspecified atom stereocenters. The van der Waals surface area contributed by atoms with Gasteiger partial charge in [0.05, 0.1) is 0 Å². The molecular formula is C9H22NOSSn+. The van der Waals surface area contributed by atoms with Crippen molar-refractivity contribution in [2.24, 2.45) is 5.73 Å². The number of hydrogen-bond acceptors (Lipinski definition) is 3. The molecule has 0 aromatic carbocycles. The molecule has 13 heavy (non-hydrogen) atoms. The molecule has 0 saturated carbocycles. The molecule has 0 rings (SSSR count). The molecule has 0 fully saturated rings. The SMILES string of the molecule is CC[O][Sn+]([CH2]CCC(C)N)[S]CC. The van der Waals surface area contributed by atoms with Crippen LogP contribution < -0.4 is 5.73 Å². The van der Waals surface area contributed by atoms with E-state index in [0.717, 1.165) is 13.0 Å². The van der Waals surface area contributed by atoms with Crippen molar-refractivity contribution < 1.29 is 3.07 Å². The second kappa shape index (κ2) is 9.62. The summed E-state index contributed by atoms with van der Waals surface area (Å²) in [7, 11) is 2.09. The molecule has 0 bridgehead atoms. The molecule has 2 N–H and O–H groups in total. The van der Waals surface area contributed by atoms with Gasteiger partial charge in [-0.05, 0) is 0 Å². The van der Waals surface area contributed by atoms with Crippen molar-refractivity contribution in [2.75, 3.05) is 12.4 Å². The van der Waals surface area contributed by atoms with E-state index in [1.54, 1.807) is 0 Å². The van der Waals surface area contributed by atoms with Crippen LogP contribution in [0, 0.1) is 0 Å². The van der Waals surface area contributed by atoms with Crippen LogP contribution in [-0.4, -0.2) is 37.2 Å². The molecule has 1 atom stereocenters. The Morgan fingerprint density at radius 2 is 2.15 bits per heavy atom. The van der Waals surface area contributed by atoms with E-state index in [4.69, 9.17) is 8.81 Å². The molecule has 0 aromatic heterocycles. The zero-order valence-corrected chi connectivity index (χ0v) is 12.7. The third-order valence-corrected chi connectivity index (χ3v) is 13.6. The van der Waals surface area contributed by atoms with Crippen LogP contribution in [0.5, 0.6) is 0 Å². The van der Waals surface area contributed by atoms with E-state index >= 15 is 0 Å². The van der Waals surface area contributed by atoms with Gasteiger partial charge in [0.15, 0.2) is 0 Å². The van der Waals surface area contributed by atoms with Crippen LogP contribution in [0.15, 0.2) is 0 Å². The van der Waals surface area contributed by atoms with Gasteiger partial charge in [-0.25, -0.2) is 0 Å². The Hall–Kier alpha value is 1.07. The molecule has 0 saturated heterocycles. The van der Waals surface area contributed by atoms with Crippen LogP contribution in [0.25, 0.3) is 0 Å². The molecule has 0 radical (unpaired) electrons. The molecule has 0 heterocycles. The topological polar surface area (TPSA) is 35.2 Å². The van der Waals surface area contributed by atoms with E-state index < -0.39 is 18.8 Å². The summed E-state index contributed by atoms with van der Waals surface area (Å²) in [5.41, 5.74) is 5.70. The second-order valence-electron chi connectivity index (χ2n) is 3.11. The van der Waals surface area contributed by atoms with Crippen LogP contribution in [0.3, 0.4) is 0 Å². The first-order chi connectivity index (χ1) is 6.20. The van der Waals surface area contributed by atoms with Crippen molar-refractivity contribution in [1.82, 2.24) is 0 Å². The van der Waals surface area contributed by atoms with Gasteiger partial charge in [0.1, 0.15) is 0 Å². The third-order valence-electron chi connectivity index (χ3n) is 1.65. The first kappa shape index (κ1) is 14.1. The van der Waals surface area contributed by atoms with Crippen LogP contribution in [-0.2, 0) is 3.07 Å². The van der Waals surface area contributed by atoms with E-state index in [-0.39, 0.29) is 0 Å². The van der Waals surface area contributed by atoms with Crippen LogP contribution in [0.1, 0.15) is 33.6 Å². The Morgan fingerprint density at radius 3 is 2.62 bits per heavy atom. The van der Waals surface area contributed by atoms with Gasteiger partial charge in [-0.15, -0.1) is 0 Å². The summed E-state index contributed by atoms with van der Waals surface area (Å²) in [5.74, 6) is 1.22. The molecule has 0 aromatic rings. The summed E-state index contributed by atoms with van der Waals surface area (Å²) in [6.07, 6.45) is 2.42. The molecular weight excluding hydrogens is 289 g/mol. The molecule has 0 aliphatic rings. The van der Waals surface area contributed by atoms with Crippen molar-refractivity contribution in [3.8, 4) is 0 Å². The summed E-state index contributed by atoms with van der Waals surface area (Å²) < 4.78 is 7.11. The van der Waals surface area contributed by atoms with Gasteiger partial charge in [0.2, 0.25) is 0 Å². The Labute approximate surface area is 92.7 Å². The van der Waals surface area contributed by atoms with Crippen molar-refractivity contribution in [2.45, 2.75) is 44.1 Å². The van der Waals surface area contributed by atoms with Crippen molar-refractivity contribution in [3.63, 3.8) is 0 Å². The van der Waals surface area contributed by atoms with Gasteiger partial charge in [-0.1, -0.05) is 0 Å². The molecule has 4 heteroatoms. The fraction of sp³-hybridized carbons (Fsp3) is 1.00. The summed E-state index contributed by atoms with van der Waals surface area (Å²) >= 11 is -1.48. The maximum absolute atomic E-state index is 5.78. The first-order valence-electron chi connectivity index (χ1n) is 5.07. The quantitative estimate of drug-likeness (QED) is 0.699. The number of nitrogens with two attached hydrogens (primary N) is 1. The Bertz CT molecular complexity index is 108. The second-order valence-corrected chi connectivity index (χ2v) is 13.9. The van der Waals surface area contributed by atoms with Crippen LogP contribution in [0.4, 0.5) is 0 Å². The van der Waals surface area contributed by atoms with E-state index in [2.05, 4.69) is 29.7 Å². The predicted molar refractivity (Wildman–Crippen MR) is 63.2 cm³/mol. The number of rotatable bonds is 8. The Kier molecular flexibility index (Phi) is 10.4. The van der Waals surface area contributed by atoms with Gasteiger partial charge < -0.3 is 0 Å². The summed E-state index contributed by atoms with van der Waals surface area (Å²) in [4.78, 5) is 0. The van der Waals surface area contributed by atoms with Gasteiger partial charge >= 0.3 is 93.0 Å². The average Bonchev–Trinajstić information content (AvgIpc) is 2.04. The standard InChI is InChI=1S/C5H12N.C2H5O.C2H6S.Sn/c1-3-4-5(2)6;2*1-2-3;/h5H,1,3-4,6H2,2H3;2H2,1H3;3H,2H2,1H3;/q;-1;;+3/p-1. The van der Waals surface area contributed by atoms with E-state index in [1.807, 2.05) is 0 Å². The van der Waals surface area contributed by atoms with Crippen molar-refractivity contribution >= 4 is 27.7 Å². The molecule has 78 valence electrons. The van der Waals surface area contributed by atoms with E-state index in [1.165, 1.54) is 16.6 Å². The molecule has 0 spiro atoms. The minimum atomic E-state index is -1.48. The van der Waals surface area contributed by atoms with E-state index in [9.17, 15) is 0 Å². The first-order valence-corrected chi connectivity index (χ1v) is 12.7. The molecule has 0 amide bonds. The molecule has 2 nitrogen and oxygen atoms in total. The fourth-order valence-electron chi connectivity index (χ4n) is 1.08. The summed E-state index contributed by atoms with van der Waals surface area (Å²) in [6, 6.07) is 0.359. The van der Waals surface area contributed by atoms with Crippen LogP contribution >= 0.6 is 8.95 Å².